The second-order valence-corrected chi connectivity index (χ2v) is 5.47. The highest BCUT2D eigenvalue weighted by atomic mass is 16.5. The van der Waals surface area contributed by atoms with Crippen LogP contribution in [0, 0.1) is 13.8 Å². The van der Waals surface area contributed by atoms with Gasteiger partial charge in [-0.05, 0) is 50.6 Å². The molecule has 7 nitrogen and oxygen atoms in total. The Bertz CT molecular complexity index is 806. The van der Waals surface area contributed by atoms with Crippen molar-refractivity contribution in [3.8, 4) is 0 Å². The number of anilines is 1. The number of H-pyrrole nitrogens is 1. The van der Waals surface area contributed by atoms with Crippen molar-refractivity contribution in [2.45, 2.75) is 20.8 Å². The minimum absolute atomic E-state index is 0.227. The number of aryl methyl sites for hydroxylation is 1. The molecule has 1 heterocycles. The second kappa shape index (κ2) is 7.65. The maximum Gasteiger partial charge on any atom is 0.340 e. The van der Waals surface area contributed by atoms with E-state index >= 15 is 0 Å². The molecule has 0 fully saturated rings. The van der Waals surface area contributed by atoms with Crippen LogP contribution in [0.25, 0.3) is 0 Å². The standard InChI is InChI=1S/C18H20N2O5/c1-4-24-18(23)15-10(2)16(20-11(15)3)14(21)9-25-17(22)12-5-7-13(19)8-6-12/h5-8,20H,4,9,19H2,1-3H3. The fourth-order valence-electron chi connectivity index (χ4n) is 2.44. The molecule has 1 aromatic heterocycles. The molecule has 0 saturated carbocycles. The molecule has 25 heavy (non-hydrogen) atoms. The Kier molecular flexibility index (Phi) is 5.59. The van der Waals surface area contributed by atoms with Crippen LogP contribution in [0.2, 0.25) is 0 Å². The number of ether oxygens (including phenoxy) is 2. The summed E-state index contributed by atoms with van der Waals surface area (Å²) in [6.45, 7) is 4.83. The third-order valence-electron chi connectivity index (χ3n) is 3.68. The fraction of sp³-hybridized carbons (Fsp3) is 0.278. The van der Waals surface area contributed by atoms with Gasteiger partial charge in [-0.1, -0.05) is 0 Å². The minimum Gasteiger partial charge on any atom is -0.462 e. The number of carbonyl (C=O) groups is 3. The minimum atomic E-state index is -0.625. The lowest BCUT2D eigenvalue weighted by Crippen LogP contribution is -2.15. The van der Waals surface area contributed by atoms with Crippen molar-refractivity contribution in [3.05, 3.63) is 52.3 Å². The number of esters is 2. The molecule has 2 rings (SSSR count). The topological polar surface area (TPSA) is 111 Å². The van der Waals surface area contributed by atoms with Crippen molar-refractivity contribution in [1.82, 2.24) is 4.98 Å². The largest absolute Gasteiger partial charge is 0.462 e. The van der Waals surface area contributed by atoms with Gasteiger partial charge in [0.05, 0.1) is 23.4 Å². The van der Waals surface area contributed by atoms with E-state index in [0.717, 1.165) is 0 Å². The highest BCUT2D eigenvalue weighted by molar-refractivity contribution is 6.03. The van der Waals surface area contributed by atoms with Gasteiger partial charge in [-0.25, -0.2) is 9.59 Å². The molecule has 132 valence electrons. The summed E-state index contributed by atoms with van der Waals surface area (Å²) >= 11 is 0. The number of benzene rings is 1. The van der Waals surface area contributed by atoms with Crippen LogP contribution in [-0.4, -0.2) is 35.9 Å². The average Bonchev–Trinajstić information content (AvgIpc) is 2.88. The molecule has 0 aliphatic rings. The first-order valence-electron chi connectivity index (χ1n) is 7.77. The van der Waals surface area contributed by atoms with E-state index in [4.69, 9.17) is 15.2 Å². The van der Waals surface area contributed by atoms with Crippen LogP contribution in [0.5, 0.6) is 0 Å². The highest BCUT2D eigenvalue weighted by Crippen LogP contribution is 2.19. The van der Waals surface area contributed by atoms with Crippen molar-refractivity contribution in [3.63, 3.8) is 0 Å². The van der Waals surface area contributed by atoms with Gasteiger partial charge >= 0.3 is 11.9 Å². The number of rotatable bonds is 6. The molecular formula is C18H20N2O5. The molecular weight excluding hydrogens is 324 g/mol. The van der Waals surface area contributed by atoms with Crippen LogP contribution in [0.1, 0.15) is 49.4 Å². The summed E-state index contributed by atoms with van der Waals surface area (Å²) in [5.41, 5.74) is 7.94. The Morgan fingerprint density at radius 1 is 1.04 bits per heavy atom. The number of aromatic nitrogens is 1. The summed E-state index contributed by atoms with van der Waals surface area (Å²) < 4.78 is 10.0. The van der Waals surface area contributed by atoms with E-state index in [-0.39, 0.29) is 12.3 Å². The van der Waals surface area contributed by atoms with E-state index in [2.05, 4.69) is 4.98 Å². The van der Waals surface area contributed by atoms with Crippen molar-refractivity contribution >= 4 is 23.4 Å². The normalized spacial score (nSPS) is 10.4. The molecule has 0 amide bonds. The Morgan fingerprint density at radius 2 is 1.68 bits per heavy atom. The van der Waals surface area contributed by atoms with Crippen LogP contribution in [0.3, 0.4) is 0 Å². The molecule has 1 aromatic carbocycles. The number of Topliss-reactive ketones (excluding diaryl/α,β-unsaturated/α-hetero) is 1. The van der Waals surface area contributed by atoms with Gasteiger partial charge in [-0.15, -0.1) is 0 Å². The van der Waals surface area contributed by atoms with E-state index in [0.29, 0.717) is 28.1 Å². The Balaban J connectivity index is 2.08. The number of hydrogen-bond donors (Lipinski definition) is 2. The van der Waals surface area contributed by atoms with Gasteiger partial charge < -0.3 is 20.2 Å². The van der Waals surface area contributed by atoms with E-state index in [9.17, 15) is 14.4 Å². The highest BCUT2D eigenvalue weighted by Gasteiger charge is 2.23. The Hall–Kier alpha value is -3.09. The van der Waals surface area contributed by atoms with Crippen LogP contribution in [-0.2, 0) is 9.47 Å². The van der Waals surface area contributed by atoms with Crippen molar-refractivity contribution in [1.29, 1.82) is 0 Å². The SMILES string of the molecule is CCOC(=O)c1c(C)[nH]c(C(=O)COC(=O)c2ccc(N)cc2)c1C. The first-order chi connectivity index (χ1) is 11.8. The first kappa shape index (κ1) is 18.3. The second-order valence-electron chi connectivity index (χ2n) is 5.47. The Labute approximate surface area is 145 Å². The third-order valence-corrected chi connectivity index (χ3v) is 3.68. The van der Waals surface area contributed by atoms with Gasteiger partial charge in [0.1, 0.15) is 0 Å². The molecule has 0 spiro atoms. The van der Waals surface area contributed by atoms with Gasteiger partial charge in [0, 0.05) is 11.4 Å². The third kappa shape index (κ3) is 4.06. The molecule has 0 saturated heterocycles. The molecule has 0 bridgehead atoms. The van der Waals surface area contributed by atoms with E-state index < -0.39 is 24.3 Å². The van der Waals surface area contributed by atoms with Crippen LogP contribution >= 0.6 is 0 Å². The lowest BCUT2D eigenvalue weighted by molar-refractivity contribution is 0.0472. The Morgan fingerprint density at radius 3 is 2.28 bits per heavy atom. The lowest BCUT2D eigenvalue weighted by atomic mass is 10.1. The molecule has 2 aromatic rings. The number of nitrogens with two attached hydrogens (primary N) is 1. The van der Waals surface area contributed by atoms with Crippen molar-refractivity contribution in [2.75, 3.05) is 18.9 Å². The number of aromatic amines is 1. The summed E-state index contributed by atoms with van der Waals surface area (Å²) in [6.07, 6.45) is 0. The molecule has 0 aliphatic heterocycles. The number of hydrogen-bond acceptors (Lipinski definition) is 6. The molecule has 7 heteroatoms. The van der Waals surface area contributed by atoms with Crippen molar-refractivity contribution < 1.29 is 23.9 Å². The zero-order chi connectivity index (χ0) is 18.6. The van der Waals surface area contributed by atoms with Crippen molar-refractivity contribution in [2.24, 2.45) is 0 Å². The van der Waals surface area contributed by atoms with E-state index in [1.807, 2.05) is 0 Å². The van der Waals surface area contributed by atoms with Crippen LogP contribution < -0.4 is 5.73 Å². The van der Waals surface area contributed by atoms with Gasteiger partial charge in [0.2, 0.25) is 5.78 Å². The molecule has 0 radical (unpaired) electrons. The molecule has 0 aliphatic carbocycles. The summed E-state index contributed by atoms with van der Waals surface area (Å²) in [5, 5.41) is 0. The van der Waals surface area contributed by atoms with E-state index in [1.165, 1.54) is 12.1 Å². The molecule has 0 atom stereocenters. The zero-order valence-electron chi connectivity index (χ0n) is 14.3. The summed E-state index contributed by atoms with van der Waals surface area (Å²) in [4.78, 5) is 39.1. The van der Waals surface area contributed by atoms with Gasteiger partial charge in [-0.2, -0.15) is 0 Å². The molecule has 3 N–H and O–H groups in total. The molecule has 0 unspecified atom stereocenters. The van der Waals surface area contributed by atoms with E-state index in [1.54, 1.807) is 32.9 Å². The number of nitrogen functional groups attached to an aromatic ring is 1. The first-order valence-corrected chi connectivity index (χ1v) is 7.77. The predicted molar refractivity (Wildman–Crippen MR) is 91.7 cm³/mol. The number of ketones is 1. The lowest BCUT2D eigenvalue weighted by Gasteiger charge is -2.05. The smallest absolute Gasteiger partial charge is 0.340 e. The maximum absolute atomic E-state index is 12.3. The maximum atomic E-state index is 12.3. The van der Waals surface area contributed by atoms with Gasteiger partial charge in [-0.3, -0.25) is 4.79 Å². The zero-order valence-corrected chi connectivity index (χ0v) is 14.3. The average molecular weight is 344 g/mol. The predicted octanol–water partition coefficient (Wildman–Crippen LogP) is 2.43. The summed E-state index contributed by atoms with van der Waals surface area (Å²) in [6, 6.07) is 6.18. The quantitative estimate of drug-likeness (QED) is 0.473. The van der Waals surface area contributed by atoms with Crippen LogP contribution in [0.15, 0.2) is 24.3 Å². The van der Waals surface area contributed by atoms with Gasteiger partial charge in [0.15, 0.2) is 6.61 Å². The summed E-state index contributed by atoms with van der Waals surface area (Å²) in [5.74, 6) is -1.55. The van der Waals surface area contributed by atoms with Crippen LogP contribution in [0.4, 0.5) is 5.69 Å². The van der Waals surface area contributed by atoms with Gasteiger partial charge in [0.25, 0.3) is 0 Å². The number of nitrogens with one attached hydrogen (secondary N) is 1. The number of carbonyl (C=O) groups excluding carboxylic acids is 3. The summed E-state index contributed by atoms with van der Waals surface area (Å²) in [7, 11) is 0. The monoisotopic (exact) mass is 344 g/mol. The fourth-order valence-corrected chi connectivity index (χ4v) is 2.44.